The van der Waals surface area contributed by atoms with Gasteiger partial charge in [-0.2, -0.15) is 4.98 Å². The molecule has 2 aliphatic rings. The summed E-state index contributed by atoms with van der Waals surface area (Å²) in [6.07, 6.45) is 5.27. The van der Waals surface area contributed by atoms with Gasteiger partial charge in [0.15, 0.2) is 10.8 Å². The van der Waals surface area contributed by atoms with Crippen LogP contribution in [0.3, 0.4) is 0 Å². The highest BCUT2D eigenvalue weighted by molar-refractivity contribution is 7.22. The van der Waals surface area contributed by atoms with Crippen LogP contribution >= 0.6 is 11.3 Å². The Morgan fingerprint density at radius 2 is 2.06 bits per heavy atom. The number of benzene rings is 1. The number of carbonyl (C=O) groups is 2. The number of anilines is 2. The molecule has 1 atom stereocenters. The number of hydrogen-bond acceptors (Lipinski definition) is 7. The van der Waals surface area contributed by atoms with Gasteiger partial charge in [-0.1, -0.05) is 37.3 Å². The lowest BCUT2D eigenvalue weighted by atomic mass is 9.97. The summed E-state index contributed by atoms with van der Waals surface area (Å²) in [5.41, 5.74) is 1.92. The minimum Gasteiger partial charge on any atom is -0.353 e. The fourth-order valence-electron chi connectivity index (χ4n) is 4.33. The Morgan fingerprint density at radius 3 is 2.83 bits per heavy atom. The number of piperidine rings is 1. The fraction of sp³-hybridized carbons (Fsp3) is 0.480. The van der Waals surface area contributed by atoms with Gasteiger partial charge in [0.05, 0.1) is 5.92 Å². The first-order valence-electron chi connectivity index (χ1n) is 12.2. The Balaban J connectivity index is 1.29. The van der Waals surface area contributed by atoms with Crippen LogP contribution in [0.2, 0.25) is 0 Å². The third-order valence-electron chi connectivity index (χ3n) is 6.51. The monoisotopic (exact) mass is 494 g/mol. The molecule has 9 nitrogen and oxygen atoms in total. The van der Waals surface area contributed by atoms with Crippen molar-refractivity contribution >= 4 is 44.3 Å². The number of nitrogens with zero attached hydrogens (tertiary/aromatic N) is 4. The number of fused-ring (bicyclic) bond motifs is 1. The van der Waals surface area contributed by atoms with Crippen molar-refractivity contribution in [2.75, 3.05) is 23.3 Å². The van der Waals surface area contributed by atoms with Crippen molar-refractivity contribution in [3.8, 4) is 0 Å². The van der Waals surface area contributed by atoms with Gasteiger partial charge in [-0.25, -0.2) is 4.98 Å². The highest BCUT2D eigenvalue weighted by atomic mass is 32.1. The average Bonchev–Trinajstić information content (AvgIpc) is 3.55. The molecule has 35 heavy (non-hydrogen) atoms. The Labute approximate surface area is 207 Å². The lowest BCUT2D eigenvalue weighted by molar-refractivity contribution is -0.125. The molecule has 0 unspecified atom stereocenters. The van der Waals surface area contributed by atoms with E-state index in [-0.39, 0.29) is 29.8 Å². The first kappa shape index (κ1) is 23.5. The molecule has 3 aromatic rings. The van der Waals surface area contributed by atoms with E-state index in [1.807, 2.05) is 24.3 Å². The van der Waals surface area contributed by atoms with Crippen LogP contribution in [0.1, 0.15) is 51.0 Å². The molecule has 2 aromatic heterocycles. The molecular weight excluding hydrogens is 464 g/mol. The van der Waals surface area contributed by atoms with E-state index in [0.717, 1.165) is 37.8 Å². The molecule has 1 aromatic carbocycles. The summed E-state index contributed by atoms with van der Waals surface area (Å²) in [4.78, 5) is 49.2. The van der Waals surface area contributed by atoms with Gasteiger partial charge in [0.2, 0.25) is 11.8 Å². The van der Waals surface area contributed by atoms with E-state index in [9.17, 15) is 14.4 Å². The van der Waals surface area contributed by atoms with Crippen molar-refractivity contribution < 1.29 is 9.59 Å². The number of aromatic nitrogens is 3. The van der Waals surface area contributed by atoms with Crippen LogP contribution in [0.15, 0.2) is 35.4 Å². The summed E-state index contributed by atoms with van der Waals surface area (Å²) in [7, 11) is 0. The standard InChI is InChI=1S/C25H30N6O3S/c1-15(2)16-5-3-7-19(11-16)27-20(32)13-31-14-26-22-21(24(31)34)35-25(29-22)30-10-4-6-17(12-30)23(33)28-18-8-9-18/h3,5,7,11,14-15,17-18H,4,6,8-10,12-13H2,1-2H3,(H,27,32)(H,28,33)/t17-/m0/s1. The van der Waals surface area contributed by atoms with Crippen LogP contribution in [0.4, 0.5) is 10.8 Å². The zero-order chi connectivity index (χ0) is 24.5. The van der Waals surface area contributed by atoms with E-state index in [4.69, 9.17) is 0 Å². The molecule has 0 bridgehead atoms. The smallest absolute Gasteiger partial charge is 0.273 e. The second-order valence-corrected chi connectivity index (χ2v) is 10.7. The third-order valence-corrected chi connectivity index (χ3v) is 7.60. The van der Waals surface area contributed by atoms with E-state index in [2.05, 4.69) is 39.3 Å². The molecule has 1 saturated heterocycles. The lowest BCUT2D eigenvalue weighted by Crippen LogP contribution is -2.43. The van der Waals surface area contributed by atoms with Gasteiger partial charge in [-0.15, -0.1) is 0 Å². The fourth-order valence-corrected chi connectivity index (χ4v) is 5.33. The molecule has 2 fully saturated rings. The maximum Gasteiger partial charge on any atom is 0.273 e. The highest BCUT2D eigenvalue weighted by Crippen LogP contribution is 2.30. The van der Waals surface area contributed by atoms with E-state index >= 15 is 0 Å². The Kier molecular flexibility index (Phi) is 6.55. The maximum atomic E-state index is 13.1. The second-order valence-electron chi connectivity index (χ2n) is 9.72. The Morgan fingerprint density at radius 1 is 1.23 bits per heavy atom. The number of nitrogens with one attached hydrogen (secondary N) is 2. The van der Waals surface area contributed by atoms with Crippen molar-refractivity contribution in [1.29, 1.82) is 0 Å². The van der Waals surface area contributed by atoms with Crippen molar-refractivity contribution in [1.82, 2.24) is 19.9 Å². The SMILES string of the molecule is CC(C)c1cccc(NC(=O)Cn2cnc3nc(N4CCC[C@H](C(=O)NC5CC5)C4)sc3c2=O)c1. The average molecular weight is 495 g/mol. The van der Waals surface area contributed by atoms with E-state index < -0.39 is 0 Å². The number of thiazole rings is 1. The molecule has 2 N–H and O–H groups in total. The predicted octanol–water partition coefficient (Wildman–Crippen LogP) is 3.11. The van der Waals surface area contributed by atoms with Crippen LogP contribution in [-0.2, 0) is 16.1 Å². The summed E-state index contributed by atoms with van der Waals surface area (Å²) >= 11 is 1.28. The van der Waals surface area contributed by atoms with Gasteiger partial charge >= 0.3 is 0 Å². The molecule has 3 heterocycles. The van der Waals surface area contributed by atoms with Crippen LogP contribution in [0, 0.1) is 5.92 Å². The number of carbonyl (C=O) groups excluding carboxylic acids is 2. The molecule has 1 saturated carbocycles. The molecule has 0 spiro atoms. The minimum absolute atomic E-state index is 0.0705. The Hall–Kier alpha value is -3.27. The van der Waals surface area contributed by atoms with Gasteiger partial charge < -0.3 is 15.5 Å². The van der Waals surface area contributed by atoms with Gasteiger partial charge in [0.25, 0.3) is 5.56 Å². The highest BCUT2D eigenvalue weighted by Gasteiger charge is 2.31. The molecule has 5 rings (SSSR count). The normalized spacial score (nSPS) is 18.1. The zero-order valence-corrected chi connectivity index (χ0v) is 20.8. The van der Waals surface area contributed by atoms with Crippen molar-refractivity contribution in [2.45, 2.75) is 58.0 Å². The zero-order valence-electron chi connectivity index (χ0n) is 20.0. The maximum absolute atomic E-state index is 13.1. The molecule has 184 valence electrons. The number of hydrogen-bond donors (Lipinski definition) is 2. The molecule has 2 amide bonds. The minimum atomic E-state index is -0.292. The third kappa shape index (κ3) is 5.37. The van der Waals surface area contributed by atoms with Gasteiger partial charge in [0, 0.05) is 24.8 Å². The van der Waals surface area contributed by atoms with Gasteiger partial charge in [-0.3, -0.25) is 19.0 Å². The van der Waals surface area contributed by atoms with Crippen molar-refractivity contribution in [3.05, 3.63) is 46.5 Å². The summed E-state index contributed by atoms with van der Waals surface area (Å²) in [6.45, 7) is 5.44. The van der Waals surface area contributed by atoms with E-state index in [1.165, 1.54) is 22.2 Å². The second kappa shape index (κ2) is 9.77. The van der Waals surface area contributed by atoms with E-state index in [1.54, 1.807) is 0 Å². The molecule has 1 aliphatic carbocycles. The molecule has 0 radical (unpaired) electrons. The summed E-state index contributed by atoms with van der Waals surface area (Å²) in [5.74, 6) is 0.103. The summed E-state index contributed by atoms with van der Waals surface area (Å²) < 4.78 is 1.73. The molecule has 10 heteroatoms. The topological polar surface area (TPSA) is 109 Å². The first-order valence-corrected chi connectivity index (χ1v) is 13.0. The summed E-state index contributed by atoms with van der Waals surface area (Å²) in [6, 6.07) is 8.05. The van der Waals surface area contributed by atoms with E-state index in [0.29, 0.717) is 39.7 Å². The van der Waals surface area contributed by atoms with Gasteiger partial charge in [0.1, 0.15) is 17.6 Å². The molecular formula is C25H30N6O3S. The lowest BCUT2D eigenvalue weighted by Gasteiger charge is -2.31. The number of amides is 2. The largest absolute Gasteiger partial charge is 0.353 e. The first-order chi connectivity index (χ1) is 16.9. The quantitative estimate of drug-likeness (QED) is 0.522. The number of rotatable bonds is 7. The van der Waals surface area contributed by atoms with Crippen LogP contribution < -0.4 is 21.1 Å². The van der Waals surface area contributed by atoms with Crippen molar-refractivity contribution in [2.24, 2.45) is 5.92 Å². The Bertz CT molecular complexity index is 1310. The predicted molar refractivity (Wildman–Crippen MR) is 137 cm³/mol. The van der Waals surface area contributed by atoms with Crippen LogP contribution in [0.25, 0.3) is 10.3 Å². The van der Waals surface area contributed by atoms with Crippen LogP contribution in [0.5, 0.6) is 0 Å². The van der Waals surface area contributed by atoms with Gasteiger partial charge in [-0.05, 0) is 49.3 Å². The van der Waals surface area contributed by atoms with Crippen LogP contribution in [-0.4, -0.2) is 45.5 Å². The molecule has 1 aliphatic heterocycles. The van der Waals surface area contributed by atoms with Crippen molar-refractivity contribution in [3.63, 3.8) is 0 Å². The summed E-state index contributed by atoms with van der Waals surface area (Å²) in [5, 5.41) is 6.66.